The van der Waals surface area contributed by atoms with Crippen molar-refractivity contribution in [3.8, 4) is 0 Å². The number of phosphoric ester groups is 2. The van der Waals surface area contributed by atoms with Crippen molar-refractivity contribution in [3.05, 3.63) is 0 Å². The third kappa shape index (κ3) is 65.1. The monoisotopic (exact) mass is 1340 g/mol. The summed E-state index contributed by atoms with van der Waals surface area (Å²) < 4.78 is 68.4. The molecule has 0 aromatic rings. The van der Waals surface area contributed by atoms with Gasteiger partial charge in [-0.2, -0.15) is 0 Å². The lowest BCUT2D eigenvalue weighted by Gasteiger charge is -2.21. The molecule has 0 amide bonds. The summed E-state index contributed by atoms with van der Waals surface area (Å²) in [5, 5.41) is 10.6. The second kappa shape index (κ2) is 62.8. The highest BCUT2D eigenvalue weighted by Crippen LogP contribution is 2.45. The van der Waals surface area contributed by atoms with Gasteiger partial charge < -0.3 is 33.8 Å². The molecule has 540 valence electrons. The van der Waals surface area contributed by atoms with E-state index in [1.54, 1.807) is 0 Å². The van der Waals surface area contributed by atoms with E-state index >= 15 is 0 Å². The summed E-state index contributed by atoms with van der Waals surface area (Å²) in [6, 6.07) is 0. The molecule has 0 rings (SSSR count). The molecule has 19 heteroatoms. The van der Waals surface area contributed by atoms with Crippen molar-refractivity contribution in [3.63, 3.8) is 0 Å². The average molecular weight is 1340 g/mol. The molecule has 3 N–H and O–H groups in total. The lowest BCUT2D eigenvalue weighted by Crippen LogP contribution is -2.30. The Morgan fingerprint density at radius 2 is 0.560 bits per heavy atom. The number of carbonyl (C=O) groups excluding carboxylic acids is 4. The fourth-order valence-electron chi connectivity index (χ4n) is 10.9. The molecule has 3 unspecified atom stereocenters. The standard InChI is InChI=1S/C72H140O17P2/c1-8-10-11-12-13-14-15-16-21-27-32-41-48-55-71(76)89-68(60-83-70(75)54-47-40-35-34-38-45-52-65(7)9-2)62-87-91(80,81)85-58-66(73)57-84-90(78,79)86-61-67(88-72(77)56-49-42-33-28-23-18-20-25-30-37-44-51-64(5)6)59-82-69(74)53-46-39-31-26-22-17-19-24-29-36-43-50-63(3)4/h63-68,73H,8-62H2,1-7H3,(H,78,79)(H,80,81)/t65?,66-,67-,68-/m1/s1. The van der Waals surface area contributed by atoms with Gasteiger partial charge in [0.25, 0.3) is 0 Å². The number of carbonyl (C=O) groups is 4. The lowest BCUT2D eigenvalue weighted by atomic mass is 10.00. The smallest absolute Gasteiger partial charge is 0.462 e. The molecule has 0 radical (unpaired) electrons. The van der Waals surface area contributed by atoms with Crippen LogP contribution in [-0.2, 0) is 65.4 Å². The molecule has 0 bridgehead atoms. The summed E-state index contributed by atoms with van der Waals surface area (Å²) in [4.78, 5) is 72.6. The van der Waals surface area contributed by atoms with Gasteiger partial charge in [-0.05, 0) is 43.4 Å². The molecular weight excluding hydrogens is 1200 g/mol. The fraction of sp³-hybridized carbons (Fsp3) is 0.944. The normalized spacial score (nSPS) is 14.5. The van der Waals surface area contributed by atoms with E-state index in [0.717, 1.165) is 114 Å². The van der Waals surface area contributed by atoms with Gasteiger partial charge >= 0.3 is 39.5 Å². The molecule has 0 saturated heterocycles. The van der Waals surface area contributed by atoms with E-state index in [-0.39, 0.29) is 25.7 Å². The van der Waals surface area contributed by atoms with Gasteiger partial charge in [0.1, 0.15) is 19.3 Å². The number of unbranched alkanes of at least 4 members (excludes halogenated alkanes) is 37. The highest BCUT2D eigenvalue weighted by Gasteiger charge is 2.30. The second-order valence-electron chi connectivity index (χ2n) is 27.2. The Hall–Kier alpha value is -1.94. The maximum Gasteiger partial charge on any atom is 0.472 e. The van der Waals surface area contributed by atoms with E-state index in [4.69, 9.17) is 37.0 Å². The zero-order chi connectivity index (χ0) is 67.3. The van der Waals surface area contributed by atoms with Gasteiger partial charge in [-0.25, -0.2) is 9.13 Å². The summed E-state index contributed by atoms with van der Waals surface area (Å²) in [5.41, 5.74) is 0. The lowest BCUT2D eigenvalue weighted by molar-refractivity contribution is -0.161. The van der Waals surface area contributed by atoms with Crippen LogP contribution in [0.1, 0.15) is 363 Å². The first-order valence-corrected chi connectivity index (χ1v) is 40.4. The van der Waals surface area contributed by atoms with E-state index in [0.29, 0.717) is 25.7 Å². The van der Waals surface area contributed by atoms with Crippen LogP contribution in [-0.4, -0.2) is 96.7 Å². The van der Waals surface area contributed by atoms with E-state index < -0.39 is 97.5 Å². The minimum absolute atomic E-state index is 0.106. The first-order valence-electron chi connectivity index (χ1n) is 37.4. The average Bonchev–Trinajstić information content (AvgIpc) is 3.55. The Balaban J connectivity index is 5.26. The zero-order valence-electron chi connectivity index (χ0n) is 59.3. The van der Waals surface area contributed by atoms with E-state index in [1.807, 2.05) is 0 Å². The Morgan fingerprint density at radius 3 is 0.835 bits per heavy atom. The van der Waals surface area contributed by atoms with Crippen molar-refractivity contribution in [2.75, 3.05) is 39.6 Å². The summed E-state index contributed by atoms with van der Waals surface area (Å²) in [5.74, 6) is 0.145. The van der Waals surface area contributed by atoms with Crippen molar-refractivity contribution in [2.24, 2.45) is 17.8 Å². The van der Waals surface area contributed by atoms with Crippen LogP contribution >= 0.6 is 15.6 Å². The van der Waals surface area contributed by atoms with E-state index in [1.165, 1.54) is 167 Å². The maximum absolute atomic E-state index is 13.0. The largest absolute Gasteiger partial charge is 0.472 e. The Kier molecular flexibility index (Phi) is 61.5. The van der Waals surface area contributed by atoms with Gasteiger partial charge in [-0.1, -0.05) is 312 Å². The molecule has 0 aromatic heterocycles. The minimum atomic E-state index is -4.95. The number of aliphatic hydroxyl groups excluding tert-OH is 1. The molecule has 0 aliphatic heterocycles. The fourth-order valence-corrected chi connectivity index (χ4v) is 12.4. The molecule has 0 heterocycles. The molecule has 0 aliphatic rings. The number of phosphoric acid groups is 2. The topological polar surface area (TPSA) is 237 Å². The van der Waals surface area contributed by atoms with Crippen molar-refractivity contribution >= 4 is 39.5 Å². The van der Waals surface area contributed by atoms with Crippen molar-refractivity contribution in [1.82, 2.24) is 0 Å². The number of hydrogen-bond acceptors (Lipinski definition) is 15. The minimum Gasteiger partial charge on any atom is -0.462 e. The van der Waals surface area contributed by atoms with Crippen molar-refractivity contribution in [1.29, 1.82) is 0 Å². The predicted octanol–water partition coefficient (Wildman–Crippen LogP) is 20.6. The van der Waals surface area contributed by atoms with Gasteiger partial charge in [-0.3, -0.25) is 37.3 Å². The number of ether oxygens (including phenoxy) is 4. The summed E-state index contributed by atoms with van der Waals surface area (Å²) in [6.45, 7) is 11.8. The first kappa shape index (κ1) is 89.1. The zero-order valence-corrected chi connectivity index (χ0v) is 61.1. The highest BCUT2D eigenvalue weighted by atomic mass is 31.2. The Labute approximate surface area is 556 Å². The quantitative estimate of drug-likeness (QED) is 0.0222. The summed E-state index contributed by atoms with van der Waals surface area (Å²) in [7, 11) is -9.91. The van der Waals surface area contributed by atoms with E-state index in [9.17, 15) is 43.2 Å². The van der Waals surface area contributed by atoms with Crippen LogP contribution in [0, 0.1) is 17.8 Å². The number of rotatable bonds is 70. The maximum atomic E-state index is 13.0. The SMILES string of the molecule is CCCCCCCCCCCCCCCC(=O)O[C@H](COC(=O)CCCCCCCCC(C)CC)COP(=O)(O)OC[C@H](O)COP(=O)(O)OC[C@@H](COC(=O)CCCCCCCCCCCCCC(C)C)OC(=O)CCCCCCCCCCCCCC(C)C. The predicted molar refractivity (Wildman–Crippen MR) is 368 cm³/mol. The molecule has 91 heavy (non-hydrogen) atoms. The van der Waals surface area contributed by atoms with Gasteiger partial charge in [-0.15, -0.1) is 0 Å². The Morgan fingerprint density at radius 1 is 0.319 bits per heavy atom. The summed E-state index contributed by atoms with van der Waals surface area (Å²) >= 11 is 0. The van der Waals surface area contributed by atoms with Crippen LogP contribution in [0.15, 0.2) is 0 Å². The highest BCUT2D eigenvalue weighted by molar-refractivity contribution is 7.47. The molecule has 0 fully saturated rings. The Bertz CT molecular complexity index is 1790. The number of hydrogen-bond donors (Lipinski definition) is 3. The molecule has 0 aromatic carbocycles. The van der Waals surface area contributed by atoms with Gasteiger partial charge in [0.15, 0.2) is 12.2 Å². The van der Waals surface area contributed by atoms with E-state index in [2.05, 4.69) is 48.5 Å². The van der Waals surface area contributed by atoms with Gasteiger partial charge in [0.05, 0.1) is 26.4 Å². The van der Waals surface area contributed by atoms with Crippen molar-refractivity contribution < 1.29 is 80.2 Å². The van der Waals surface area contributed by atoms with Crippen molar-refractivity contribution in [2.45, 2.75) is 381 Å². The first-order chi connectivity index (χ1) is 43.8. The number of aliphatic hydroxyl groups is 1. The third-order valence-electron chi connectivity index (χ3n) is 17.0. The van der Waals surface area contributed by atoms with Crippen LogP contribution in [0.2, 0.25) is 0 Å². The van der Waals surface area contributed by atoms with Crippen LogP contribution < -0.4 is 0 Å². The van der Waals surface area contributed by atoms with Gasteiger partial charge in [0.2, 0.25) is 0 Å². The molecule has 0 saturated carbocycles. The summed E-state index contributed by atoms with van der Waals surface area (Å²) in [6.07, 6.45) is 47.1. The molecule has 0 spiro atoms. The number of esters is 4. The molecule has 17 nitrogen and oxygen atoms in total. The van der Waals surface area contributed by atoms with Gasteiger partial charge in [0, 0.05) is 25.7 Å². The van der Waals surface area contributed by atoms with Crippen LogP contribution in [0.5, 0.6) is 0 Å². The molecule has 6 atom stereocenters. The third-order valence-corrected chi connectivity index (χ3v) is 18.9. The van der Waals surface area contributed by atoms with Crippen LogP contribution in [0.25, 0.3) is 0 Å². The van der Waals surface area contributed by atoms with Crippen LogP contribution in [0.4, 0.5) is 0 Å². The molecular formula is C72H140O17P2. The second-order valence-corrected chi connectivity index (χ2v) is 30.1. The van der Waals surface area contributed by atoms with Crippen LogP contribution in [0.3, 0.4) is 0 Å². The molecule has 0 aliphatic carbocycles.